The van der Waals surface area contributed by atoms with Gasteiger partial charge in [0, 0.05) is 17.9 Å². The molecule has 1 aliphatic carbocycles. The molecule has 0 radical (unpaired) electrons. The third-order valence-electron chi connectivity index (χ3n) is 3.79. The molecule has 0 aliphatic heterocycles. The highest BCUT2D eigenvalue weighted by Crippen LogP contribution is 2.23. The fraction of sp³-hybridized carbons (Fsp3) is 0.786. The molecule has 1 amide bonds. The van der Waals surface area contributed by atoms with Crippen LogP contribution in [0, 0.1) is 5.92 Å². The number of amides is 1. The normalized spacial score (nSPS) is 23.6. The van der Waals surface area contributed by atoms with Gasteiger partial charge >= 0.3 is 0 Å². The molecule has 20 heavy (non-hydrogen) atoms. The van der Waals surface area contributed by atoms with Crippen LogP contribution in [0.3, 0.4) is 0 Å². The molecule has 0 bridgehead atoms. The van der Waals surface area contributed by atoms with Crippen molar-refractivity contribution in [2.24, 2.45) is 5.92 Å². The molecule has 1 aliphatic rings. The minimum atomic E-state index is -0.304. The third-order valence-corrected chi connectivity index (χ3v) is 3.79. The molecule has 1 aromatic heterocycles. The number of aliphatic hydroxyl groups is 1. The molecule has 0 spiro atoms. The Bertz CT molecular complexity index is 464. The smallest absolute Gasteiger partial charge is 0.290 e. The summed E-state index contributed by atoms with van der Waals surface area (Å²) in [5, 5.41) is 19.5. The molecule has 2 atom stereocenters. The maximum Gasteiger partial charge on any atom is 0.290 e. The van der Waals surface area contributed by atoms with Crippen LogP contribution < -0.4 is 5.32 Å². The van der Waals surface area contributed by atoms with E-state index in [2.05, 4.69) is 20.5 Å². The molecular formula is C14H24N4O2. The monoisotopic (exact) mass is 280 g/mol. The summed E-state index contributed by atoms with van der Waals surface area (Å²) in [6.45, 7) is 6.51. The number of H-pyrrole nitrogens is 1. The fourth-order valence-electron chi connectivity index (χ4n) is 2.43. The molecule has 6 nitrogen and oxygen atoms in total. The van der Waals surface area contributed by atoms with Crippen molar-refractivity contribution in [3.05, 3.63) is 11.6 Å². The minimum Gasteiger partial charge on any atom is -0.393 e. The highest BCUT2D eigenvalue weighted by molar-refractivity contribution is 5.90. The van der Waals surface area contributed by atoms with Gasteiger partial charge in [-0.15, -0.1) is 5.10 Å². The molecule has 2 rings (SSSR count). The van der Waals surface area contributed by atoms with Gasteiger partial charge < -0.3 is 10.4 Å². The number of hydrogen-bond acceptors (Lipinski definition) is 4. The number of aliphatic hydroxyl groups excluding tert-OH is 1. The first-order valence-electron chi connectivity index (χ1n) is 7.27. The van der Waals surface area contributed by atoms with Crippen molar-refractivity contribution in [1.82, 2.24) is 20.5 Å². The average molecular weight is 280 g/mol. The predicted molar refractivity (Wildman–Crippen MR) is 75.4 cm³/mol. The Balaban J connectivity index is 1.90. The fourth-order valence-corrected chi connectivity index (χ4v) is 2.43. The average Bonchev–Trinajstić information content (AvgIpc) is 2.87. The number of carbonyl (C=O) groups excluding carboxylic acids is 1. The van der Waals surface area contributed by atoms with E-state index in [1.807, 2.05) is 20.8 Å². The summed E-state index contributed by atoms with van der Waals surface area (Å²) < 4.78 is 0. The second-order valence-corrected chi connectivity index (χ2v) is 6.58. The van der Waals surface area contributed by atoms with Crippen molar-refractivity contribution in [1.29, 1.82) is 0 Å². The topological polar surface area (TPSA) is 90.9 Å². The highest BCUT2D eigenvalue weighted by Gasteiger charge is 2.25. The Labute approximate surface area is 119 Å². The van der Waals surface area contributed by atoms with E-state index in [4.69, 9.17) is 0 Å². The van der Waals surface area contributed by atoms with Crippen LogP contribution in [0.1, 0.15) is 62.9 Å². The maximum absolute atomic E-state index is 12.0. The largest absolute Gasteiger partial charge is 0.393 e. The molecule has 0 aromatic carbocycles. The molecule has 112 valence electrons. The van der Waals surface area contributed by atoms with Gasteiger partial charge in [-0.05, 0) is 12.8 Å². The summed E-state index contributed by atoms with van der Waals surface area (Å²) >= 11 is 0. The summed E-state index contributed by atoms with van der Waals surface area (Å²) in [4.78, 5) is 16.2. The van der Waals surface area contributed by atoms with Crippen molar-refractivity contribution in [3.8, 4) is 0 Å². The SMILES string of the molecule is CC(C)(C)c1nc(C(=O)NCC2CCCCC2O)n[nH]1. The zero-order valence-electron chi connectivity index (χ0n) is 12.4. The van der Waals surface area contributed by atoms with Crippen LogP contribution in [-0.4, -0.2) is 38.8 Å². The summed E-state index contributed by atoms with van der Waals surface area (Å²) in [6, 6.07) is 0. The quantitative estimate of drug-likeness (QED) is 0.780. The third kappa shape index (κ3) is 3.56. The highest BCUT2D eigenvalue weighted by atomic mass is 16.3. The number of aromatic nitrogens is 3. The zero-order valence-corrected chi connectivity index (χ0v) is 12.4. The summed E-state index contributed by atoms with van der Waals surface area (Å²) in [5.41, 5.74) is -0.162. The molecular weight excluding hydrogens is 256 g/mol. The Morgan fingerprint density at radius 2 is 2.10 bits per heavy atom. The molecule has 6 heteroatoms. The van der Waals surface area contributed by atoms with Gasteiger partial charge in [0.15, 0.2) is 0 Å². The van der Waals surface area contributed by atoms with Gasteiger partial charge in [-0.25, -0.2) is 4.98 Å². The van der Waals surface area contributed by atoms with Crippen LogP contribution in [0.2, 0.25) is 0 Å². The molecule has 1 saturated carbocycles. The second kappa shape index (κ2) is 5.91. The van der Waals surface area contributed by atoms with E-state index in [1.54, 1.807) is 0 Å². The molecule has 2 unspecified atom stereocenters. The van der Waals surface area contributed by atoms with E-state index in [-0.39, 0.29) is 29.2 Å². The summed E-state index contributed by atoms with van der Waals surface area (Å²) in [7, 11) is 0. The Morgan fingerprint density at radius 3 is 2.70 bits per heavy atom. The van der Waals surface area contributed by atoms with E-state index in [1.165, 1.54) is 0 Å². The number of carbonyl (C=O) groups is 1. The molecule has 3 N–H and O–H groups in total. The van der Waals surface area contributed by atoms with Gasteiger partial charge in [0.1, 0.15) is 5.82 Å². The van der Waals surface area contributed by atoms with E-state index in [0.29, 0.717) is 12.4 Å². The van der Waals surface area contributed by atoms with E-state index >= 15 is 0 Å². The zero-order chi connectivity index (χ0) is 14.8. The van der Waals surface area contributed by atoms with Crippen molar-refractivity contribution in [3.63, 3.8) is 0 Å². The molecule has 0 saturated heterocycles. The molecule has 1 fully saturated rings. The lowest BCUT2D eigenvalue weighted by Crippen LogP contribution is -2.37. The number of aromatic amines is 1. The van der Waals surface area contributed by atoms with Crippen molar-refractivity contribution in [2.75, 3.05) is 6.54 Å². The van der Waals surface area contributed by atoms with E-state index in [0.717, 1.165) is 25.7 Å². The predicted octanol–water partition coefficient (Wildman–Crippen LogP) is 1.38. The lowest BCUT2D eigenvalue weighted by atomic mass is 9.86. The first kappa shape index (κ1) is 15.0. The van der Waals surface area contributed by atoms with Crippen LogP contribution in [0.5, 0.6) is 0 Å². The van der Waals surface area contributed by atoms with Gasteiger partial charge in [-0.1, -0.05) is 33.6 Å². The number of nitrogens with one attached hydrogen (secondary N) is 2. The minimum absolute atomic E-state index is 0.147. The van der Waals surface area contributed by atoms with E-state index in [9.17, 15) is 9.90 Å². The Hall–Kier alpha value is -1.43. The summed E-state index contributed by atoms with van der Waals surface area (Å²) in [5.74, 6) is 0.726. The molecule has 1 heterocycles. The van der Waals surface area contributed by atoms with Crippen LogP contribution in [-0.2, 0) is 5.41 Å². The van der Waals surface area contributed by atoms with Crippen molar-refractivity contribution >= 4 is 5.91 Å². The number of hydrogen-bond donors (Lipinski definition) is 3. The number of rotatable bonds is 3. The first-order valence-corrected chi connectivity index (χ1v) is 7.27. The van der Waals surface area contributed by atoms with Crippen LogP contribution in [0.4, 0.5) is 0 Å². The maximum atomic E-state index is 12.0. The standard InChI is InChI=1S/C14H24N4O2/c1-14(2,3)13-16-11(17-18-13)12(20)15-8-9-6-4-5-7-10(9)19/h9-10,19H,4-8H2,1-3H3,(H,15,20)(H,16,17,18). The van der Waals surface area contributed by atoms with Crippen molar-refractivity contribution < 1.29 is 9.90 Å². The molecule has 1 aromatic rings. The van der Waals surface area contributed by atoms with Gasteiger partial charge in [-0.3, -0.25) is 9.89 Å². The van der Waals surface area contributed by atoms with Gasteiger partial charge in [-0.2, -0.15) is 0 Å². The van der Waals surface area contributed by atoms with Crippen LogP contribution in [0.25, 0.3) is 0 Å². The van der Waals surface area contributed by atoms with Gasteiger partial charge in [0.25, 0.3) is 5.91 Å². The first-order chi connectivity index (χ1) is 9.38. The lowest BCUT2D eigenvalue weighted by Gasteiger charge is -2.27. The van der Waals surface area contributed by atoms with Gasteiger partial charge in [0.05, 0.1) is 6.10 Å². The van der Waals surface area contributed by atoms with Crippen LogP contribution >= 0.6 is 0 Å². The number of nitrogens with zero attached hydrogens (tertiary/aromatic N) is 2. The van der Waals surface area contributed by atoms with E-state index < -0.39 is 0 Å². The Morgan fingerprint density at radius 1 is 1.40 bits per heavy atom. The van der Waals surface area contributed by atoms with Crippen molar-refractivity contribution in [2.45, 2.75) is 58.0 Å². The van der Waals surface area contributed by atoms with Crippen LogP contribution in [0.15, 0.2) is 0 Å². The van der Waals surface area contributed by atoms with Gasteiger partial charge in [0.2, 0.25) is 5.82 Å². The second-order valence-electron chi connectivity index (χ2n) is 6.58. The Kier molecular flexibility index (Phi) is 4.42. The summed E-state index contributed by atoms with van der Waals surface area (Å²) in [6.07, 6.45) is 3.67. The lowest BCUT2D eigenvalue weighted by molar-refractivity contribution is 0.0660.